The second-order valence-electron chi connectivity index (χ2n) is 2.80. The number of carbonyl (C=O) groups is 1. The lowest BCUT2D eigenvalue weighted by Gasteiger charge is -2.08. The van der Waals surface area contributed by atoms with E-state index in [0.717, 1.165) is 6.08 Å². The minimum absolute atomic E-state index is 0. The van der Waals surface area contributed by atoms with Gasteiger partial charge < -0.3 is 11.5 Å². The lowest BCUT2D eigenvalue weighted by molar-refractivity contribution is -0.116. The summed E-state index contributed by atoms with van der Waals surface area (Å²) in [6, 6.07) is 0. The van der Waals surface area contributed by atoms with Gasteiger partial charge in [-0.3, -0.25) is 9.35 Å². The van der Waals surface area contributed by atoms with Crippen molar-refractivity contribution >= 4 is 16.0 Å². The van der Waals surface area contributed by atoms with E-state index in [9.17, 15) is 13.2 Å². The van der Waals surface area contributed by atoms with Gasteiger partial charge in [-0.1, -0.05) is 13.5 Å². The lowest BCUT2D eigenvalue weighted by atomic mass is 10.2. The molecule has 0 rings (SSSR count). The highest BCUT2D eigenvalue weighted by Crippen LogP contribution is 1.97. The third kappa shape index (κ3) is 9.17. The molecule has 84 valence electrons. The fraction of sp³-hybridized carbons (Fsp3) is 0.571. The van der Waals surface area contributed by atoms with E-state index in [4.69, 9.17) is 4.55 Å². The zero-order chi connectivity index (χ0) is 10.5. The van der Waals surface area contributed by atoms with Crippen molar-refractivity contribution in [1.82, 2.24) is 11.5 Å². The molecule has 0 bridgehead atoms. The van der Waals surface area contributed by atoms with Gasteiger partial charge in [-0.25, -0.2) is 0 Å². The maximum Gasteiger partial charge on any atom is 0.265 e. The van der Waals surface area contributed by atoms with Crippen LogP contribution in [0, 0.1) is 5.92 Å². The van der Waals surface area contributed by atoms with E-state index >= 15 is 0 Å². The van der Waals surface area contributed by atoms with Gasteiger partial charge in [-0.05, 0) is 12.0 Å². The number of nitrogens with one attached hydrogen (secondary N) is 1. The summed E-state index contributed by atoms with van der Waals surface area (Å²) in [6.07, 6.45) is 1.10. The topological polar surface area (TPSA) is 118 Å². The first-order valence-electron chi connectivity index (χ1n) is 3.70. The molecule has 14 heavy (non-hydrogen) atoms. The molecule has 6 nitrogen and oxygen atoms in total. The van der Waals surface area contributed by atoms with Crippen LogP contribution >= 0.6 is 0 Å². The molecule has 0 heterocycles. The van der Waals surface area contributed by atoms with Crippen molar-refractivity contribution < 1.29 is 17.8 Å². The van der Waals surface area contributed by atoms with Crippen LogP contribution in [-0.4, -0.2) is 31.2 Å². The van der Waals surface area contributed by atoms with E-state index in [1.54, 1.807) is 6.92 Å². The van der Waals surface area contributed by atoms with Crippen LogP contribution in [0.1, 0.15) is 6.92 Å². The fourth-order valence-corrected chi connectivity index (χ4v) is 1.60. The normalized spacial score (nSPS) is 12.4. The molecule has 0 saturated carbocycles. The van der Waals surface area contributed by atoms with E-state index in [1.165, 1.54) is 0 Å². The lowest BCUT2D eigenvalue weighted by Crippen LogP contribution is -2.29. The largest absolute Gasteiger partial charge is 0.352 e. The van der Waals surface area contributed by atoms with E-state index in [1.807, 2.05) is 0 Å². The molecule has 0 aliphatic carbocycles. The van der Waals surface area contributed by atoms with Crippen LogP contribution < -0.4 is 11.5 Å². The molecule has 0 fully saturated rings. The Kier molecular flexibility index (Phi) is 7.24. The quantitative estimate of drug-likeness (QED) is 0.447. The zero-order valence-electron chi connectivity index (χ0n) is 8.06. The molecule has 0 aliphatic rings. The second-order valence-corrected chi connectivity index (χ2v) is 4.30. The monoisotopic (exact) mass is 224 g/mol. The van der Waals surface area contributed by atoms with Crippen LogP contribution in [0.3, 0.4) is 0 Å². The van der Waals surface area contributed by atoms with Crippen molar-refractivity contribution in [3.05, 3.63) is 12.7 Å². The average molecular weight is 224 g/mol. The summed E-state index contributed by atoms with van der Waals surface area (Å²) in [6.45, 7) is 5.04. The second kappa shape index (κ2) is 6.52. The Hall–Kier alpha value is -0.920. The molecule has 0 radical (unpaired) electrons. The Morgan fingerprint density at radius 2 is 2.14 bits per heavy atom. The number of amides is 1. The minimum atomic E-state index is -3.96. The fourth-order valence-electron chi connectivity index (χ4n) is 0.765. The maximum absolute atomic E-state index is 10.6. The molecular weight excluding hydrogens is 208 g/mol. The smallest absolute Gasteiger partial charge is 0.265 e. The third-order valence-corrected chi connectivity index (χ3v) is 2.30. The summed E-state index contributed by atoms with van der Waals surface area (Å²) in [5.74, 6) is -1.04. The van der Waals surface area contributed by atoms with E-state index in [2.05, 4.69) is 11.9 Å². The van der Waals surface area contributed by atoms with E-state index in [0.29, 0.717) is 0 Å². The van der Waals surface area contributed by atoms with Crippen molar-refractivity contribution in [2.45, 2.75) is 6.92 Å². The Bertz CT molecular complexity index is 286. The Morgan fingerprint density at radius 1 is 1.64 bits per heavy atom. The highest BCUT2D eigenvalue weighted by molar-refractivity contribution is 7.85. The van der Waals surface area contributed by atoms with E-state index < -0.39 is 10.1 Å². The van der Waals surface area contributed by atoms with Crippen LogP contribution in [-0.2, 0) is 14.9 Å². The number of hydrogen-bond acceptors (Lipinski definition) is 4. The molecule has 7 heteroatoms. The van der Waals surface area contributed by atoms with Gasteiger partial charge >= 0.3 is 0 Å². The molecule has 5 N–H and O–H groups in total. The number of rotatable bonds is 5. The van der Waals surface area contributed by atoms with Crippen molar-refractivity contribution in [2.24, 2.45) is 5.92 Å². The predicted octanol–water partition coefficient (Wildman–Crippen LogP) is -0.0255. The van der Waals surface area contributed by atoms with Gasteiger partial charge in [-0.2, -0.15) is 8.42 Å². The first-order valence-corrected chi connectivity index (χ1v) is 5.31. The molecular formula is C7H16N2O4S. The predicted molar refractivity (Wildman–Crippen MR) is 53.8 cm³/mol. The molecule has 1 atom stereocenters. The Labute approximate surface area is 83.7 Å². The SMILES string of the molecule is C=CC(=O)NCC(C)CS(=O)(=O)O.N. The Balaban J connectivity index is 0. The van der Waals surface area contributed by atoms with Crippen molar-refractivity contribution in [1.29, 1.82) is 0 Å². The summed E-state index contributed by atoms with van der Waals surface area (Å²) >= 11 is 0. The van der Waals surface area contributed by atoms with Crippen LogP contribution in [0.2, 0.25) is 0 Å². The van der Waals surface area contributed by atoms with Gasteiger partial charge in [0.1, 0.15) is 0 Å². The molecule has 0 aliphatic heterocycles. The van der Waals surface area contributed by atoms with Crippen molar-refractivity contribution in [3.63, 3.8) is 0 Å². The zero-order valence-corrected chi connectivity index (χ0v) is 8.88. The number of carbonyl (C=O) groups excluding carboxylic acids is 1. The Morgan fingerprint density at radius 3 is 2.50 bits per heavy atom. The van der Waals surface area contributed by atoms with Gasteiger partial charge in [0.05, 0.1) is 5.75 Å². The van der Waals surface area contributed by atoms with Crippen LogP contribution in [0.15, 0.2) is 12.7 Å². The van der Waals surface area contributed by atoms with Crippen LogP contribution in [0.5, 0.6) is 0 Å². The summed E-state index contributed by atoms with van der Waals surface area (Å²) in [4.78, 5) is 10.6. The molecule has 0 aromatic heterocycles. The van der Waals surface area contributed by atoms with Crippen molar-refractivity contribution in [2.75, 3.05) is 12.3 Å². The molecule has 0 spiro atoms. The van der Waals surface area contributed by atoms with E-state index in [-0.39, 0.29) is 30.3 Å². The van der Waals surface area contributed by atoms with Gasteiger partial charge in [0.15, 0.2) is 0 Å². The maximum atomic E-state index is 10.6. The summed E-state index contributed by atoms with van der Waals surface area (Å²) in [7, 11) is -3.96. The average Bonchev–Trinajstić information content (AvgIpc) is 1.97. The first-order chi connectivity index (χ1) is 5.85. The van der Waals surface area contributed by atoms with Crippen LogP contribution in [0.4, 0.5) is 0 Å². The summed E-state index contributed by atoms with van der Waals surface area (Å²) in [5.41, 5.74) is 0. The first kappa shape index (κ1) is 15.5. The molecule has 1 unspecified atom stereocenters. The van der Waals surface area contributed by atoms with Gasteiger partial charge in [0.25, 0.3) is 10.1 Å². The van der Waals surface area contributed by atoms with Crippen LogP contribution in [0.25, 0.3) is 0 Å². The summed E-state index contributed by atoms with van der Waals surface area (Å²) in [5, 5.41) is 2.42. The minimum Gasteiger partial charge on any atom is -0.352 e. The highest BCUT2D eigenvalue weighted by atomic mass is 32.2. The molecule has 0 aromatic rings. The van der Waals surface area contributed by atoms with Crippen molar-refractivity contribution in [3.8, 4) is 0 Å². The van der Waals surface area contributed by atoms with Gasteiger partial charge in [0, 0.05) is 6.54 Å². The summed E-state index contributed by atoms with van der Waals surface area (Å²) < 4.78 is 29.2. The molecule has 0 aromatic carbocycles. The molecule has 1 amide bonds. The number of hydrogen-bond donors (Lipinski definition) is 3. The highest BCUT2D eigenvalue weighted by Gasteiger charge is 2.12. The third-order valence-electron chi connectivity index (χ3n) is 1.31. The standard InChI is InChI=1S/C7H13NO4S.H3N/c1-3-7(9)8-4-6(2)5-13(10,11)12;/h3,6H,1,4-5H2,2H3,(H,8,9)(H,10,11,12);1H3. The van der Waals surface area contributed by atoms with Gasteiger partial charge in [0.2, 0.25) is 5.91 Å². The van der Waals surface area contributed by atoms with Gasteiger partial charge in [-0.15, -0.1) is 0 Å². The molecule has 0 saturated heterocycles.